The van der Waals surface area contributed by atoms with Gasteiger partial charge in [0.05, 0.1) is 16.6 Å². The lowest BCUT2D eigenvalue weighted by Crippen LogP contribution is -2.22. The van der Waals surface area contributed by atoms with Crippen LogP contribution in [-0.2, 0) is 6.42 Å². The van der Waals surface area contributed by atoms with E-state index in [4.69, 9.17) is 16.0 Å². The SMILES string of the molecule is CCNC(Cc1ccc(Cl)s1)c1occc1C. The third-order valence-electron chi connectivity index (χ3n) is 2.70. The van der Waals surface area contributed by atoms with Gasteiger partial charge in [-0.05, 0) is 37.2 Å². The average molecular weight is 270 g/mol. The lowest BCUT2D eigenvalue weighted by Gasteiger charge is -2.15. The van der Waals surface area contributed by atoms with Gasteiger partial charge in [-0.15, -0.1) is 11.3 Å². The zero-order chi connectivity index (χ0) is 12.3. The predicted octanol–water partition coefficient (Wildman–Crippen LogP) is 4.20. The summed E-state index contributed by atoms with van der Waals surface area (Å²) in [6.07, 6.45) is 2.66. The number of furan rings is 1. The molecule has 1 atom stereocenters. The molecule has 0 aliphatic heterocycles. The van der Waals surface area contributed by atoms with Gasteiger partial charge in [-0.3, -0.25) is 0 Å². The molecule has 0 amide bonds. The largest absolute Gasteiger partial charge is 0.467 e. The molecule has 92 valence electrons. The molecule has 0 aromatic carbocycles. The van der Waals surface area contributed by atoms with Crippen molar-refractivity contribution in [2.24, 2.45) is 0 Å². The first-order valence-electron chi connectivity index (χ1n) is 5.72. The minimum atomic E-state index is 0.227. The van der Waals surface area contributed by atoms with Gasteiger partial charge in [-0.2, -0.15) is 0 Å². The summed E-state index contributed by atoms with van der Waals surface area (Å²) in [5.74, 6) is 1.02. The van der Waals surface area contributed by atoms with Crippen LogP contribution in [0.25, 0.3) is 0 Å². The smallest absolute Gasteiger partial charge is 0.123 e. The van der Waals surface area contributed by atoms with Gasteiger partial charge in [0.1, 0.15) is 5.76 Å². The van der Waals surface area contributed by atoms with E-state index in [1.54, 1.807) is 17.6 Å². The molecule has 1 unspecified atom stereocenters. The molecule has 1 N–H and O–H groups in total. The summed E-state index contributed by atoms with van der Waals surface area (Å²) < 4.78 is 6.41. The standard InChI is InChI=1S/C13H16ClNOS/c1-3-15-11(13-9(2)6-7-16-13)8-10-4-5-12(14)17-10/h4-7,11,15H,3,8H2,1-2H3. The van der Waals surface area contributed by atoms with Gasteiger partial charge in [0.25, 0.3) is 0 Å². The third kappa shape index (κ3) is 3.12. The molecule has 0 aliphatic rings. The number of halogens is 1. The van der Waals surface area contributed by atoms with Gasteiger partial charge in [0.15, 0.2) is 0 Å². The molecule has 2 nitrogen and oxygen atoms in total. The van der Waals surface area contributed by atoms with Crippen LogP contribution in [0.2, 0.25) is 4.34 Å². The lowest BCUT2D eigenvalue weighted by molar-refractivity contribution is 0.415. The van der Waals surface area contributed by atoms with E-state index in [1.807, 2.05) is 12.1 Å². The van der Waals surface area contributed by atoms with Gasteiger partial charge in [0, 0.05) is 11.3 Å². The normalized spacial score (nSPS) is 12.9. The maximum atomic E-state index is 5.95. The fourth-order valence-corrected chi connectivity index (χ4v) is 3.04. The molecule has 0 bridgehead atoms. The summed E-state index contributed by atoms with van der Waals surface area (Å²) in [7, 11) is 0. The number of likely N-dealkylation sites (N-methyl/N-ethyl adjacent to an activating group) is 1. The molecule has 0 aliphatic carbocycles. The van der Waals surface area contributed by atoms with Crippen molar-refractivity contribution in [1.82, 2.24) is 5.32 Å². The van der Waals surface area contributed by atoms with Gasteiger partial charge in [-0.1, -0.05) is 18.5 Å². The molecular weight excluding hydrogens is 254 g/mol. The van der Waals surface area contributed by atoms with Gasteiger partial charge < -0.3 is 9.73 Å². The second-order valence-corrected chi connectivity index (χ2v) is 5.79. The van der Waals surface area contributed by atoms with Crippen molar-refractivity contribution in [3.8, 4) is 0 Å². The Balaban J connectivity index is 2.15. The van der Waals surface area contributed by atoms with E-state index < -0.39 is 0 Å². The van der Waals surface area contributed by atoms with Crippen molar-refractivity contribution < 1.29 is 4.42 Å². The minimum Gasteiger partial charge on any atom is -0.467 e. The van der Waals surface area contributed by atoms with E-state index in [0.717, 1.165) is 23.1 Å². The molecule has 0 spiro atoms. The predicted molar refractivity (Wildman–Crippen MR) is 72.9 cm³/mol. The van der Waals surface area contributed by atoms with Gasteiger partial charge >= 0.3 is 0 Å². The molecule has 0 radical (unpaired) electrons. The summed E-state index contributed by atoms with van der Waals surface area (Å²) in [5.41, 5.74) is 1.19. The number of hydrogen-bond acceptors (Lipinski definition) is 3. The first-order chi connectivity index (χ1) is 8.20. The molecule has 2 aromatic rings. The zero-order valence-electron chi connectivity index (χ0n) is 10.00. The fraction of sp³-hybridized carbons (Fsp3) is 0.385. The summed E-state index contributed by atoms with van der Waals surface area (Å²) in [4.78, 5) is 1.27. The Morgan fingerprint density at radius 1 is 1.41 bits per heavy atom. The molecule has 0 saturated heterocycles. The molecule has 0 fully saturated rings. The molecule has 17 heavy (non-hydrogen) atoms. The van der Waals surface area contributed by atoms with Crippen LogP contribution in [0.4, 0.5) is 0 Å². The van der Waals surface area contributed by atoms with E-state index in [2.05, 4.69) is 25.2 Å². The highest BCUT2D eigenvalue weighted by atomic mass is 35.5. The Kier molecular flexibility index (Phi) is 4.26. The van der Waals surface area contributed by atoms with Crippen LogP contribution in [0.15, 0.2) is 28.9 Å². The van der Waals surface area contributed by atoms with Crippen molar-refractivity contribution >= 4 is 22.9 Å². The maximum Gasteiger partial charge on any atom is 0.123 e. The van der Waals surface area contributed by atoms with Crippen LogP contribution in [0, 0.1) is 6.92 Å². The van der Waals surface area contributed by atoms with Crippen molar-refractivity contribution in [2.45, 2.75) is 26.3 Å². The fourth-order valence-electron chi connectivity index (χ4n) is 1.91. The van der Waals surface area contributed by atoms with Gasteiger partial charge in [-0.25, -0.2) is 0 Å². The first kappa shape index (κ1) is 12.7. The first-order valence-corrected chi connectivity index (χ1v) is 6.91. The third-order valence-corrected chi connectivity index (χ3v) is 3.96. The lowest BCUT2D eigenvalue weighted by atomic mass is 10.1. The molecule has 2 rings (SSSR count). The Morgan fingerprint density at radius 3 is 2.76 bits per heavy atom. The number of hydrogen-bond donors (Lipinski definition) is 1. The Bertz CT molecular complexity index is 477. The summed E-state index contributed by atoms with van der Waals surface area (Å²) in [6.45, 7) is 5.10. The van der Waals surface area contributed by atoms with Crippen LogP contribution in [-0.4, -0.2) is 6.54 Å². The van der Waals surface area contributed by atoms with Crippen LogP contribution in [0.1, 0.15) is 29.2 Å². The molecular formula is C13H16ClNOS. The highest BCUT2D eigenvalue weighted by Gasteiger charge is 2.17. The second kappa shape index (κ2) is 5.71. The highest BCUT2D eigenvalue weighted by Crippen LogP contribution is 2.28. The number of thiophene rings is 1. The number of rotatable bonds is 5. The highest BCUT2D eigenvalue weighted by molar-refractivity contribution is 7.16. The molecule has 2 heterocycles. The Labute approximate surface area is 111 Å². The van der Waals surface area contributed by atoms with Crippen LogP contribution < -0.4 is 5.32 Å². The summed E-state index contributed by atoms with van der Waals surface area (Å²) in [5, 5.41) is 3.45. The number of nitrogens with one attached hydrogen (secondary N) is 1. The van der Waals surface area contributed by atoms with Crippen LogP contribution >= 0.6 is 22.9 Å². The van der Waals surface area contributed by atoms with Crippen molar-refractivity contribution in [1.29, 1.82) is 0 Å². The maximum absolute atomic E-state index is 5.95. The Morgan fingerprint density at radius 2 is 2.24 bits per heavy atom. The molecule has 0 saturated carbocycles. The molecule has 2 aromatic heterocycles. The average Bonchev–Trinajstić information content (AvgIpc) is 2.87. The van der Waals surface area contributed by atoms with E-state index in [9.17, 15) is 0 Å². The zero-order valence-corrected chi connectivity index (χ0v) is 11.6. The topological polar surface area (TPSA) is 25.2 Å². The van der Waals surface area contributed by atoms with Crippen LogP contribution in [0.3, 0.4) is 0 Å². The van der Waals surface area contributed by atoms with E-state index >= 15 is 0 Å². The molecule has 4 heteroatoms. The summed E-state index contributed by atoms with van der Waals surface area (Å²) >= 11 is 7.58. The second-order valence-electron chi connectivity index (χ2n) is 3.99. The Hall–Kier alpha value is -0.770. The van der Waals surface area contributed by atoms with E-state index in [1.165, 1.54) is 10.4 Å². The van der Waals surface area contributed by atoms with E-state index in [-0.39, 0.29) is 6.04 Å². The van der Waals surface area contributed by atoms with Gasteiger partial charge in [0.2, 0.25) is 0 Å². The monoisotopic (exact) mass is 269 g/mol. The van der Waals surface area contributed by atoms with Crippen molar-refractivity contribution in [3.63, 3.8) is 0 Å². The van der Waals surface area contributed by atoms with Crippen molar-refractivity contribution in [2.75, 3.05) is 6.54 Å². The number of aryl methyl sites for hydroxylation is 1. The quantitative estimate of drug-likeness (QED) is 0.880. The minimum absolute atomic E-state index is 0.227. The summed E-state index contributed by atoms with van der Waals surface area (Å²) in [6, 6.07) is 6.25. The van der Waals surface area contributed by atoms with Crippen molar-refractivity contribution in [3.05, 3.63) is 45.0 Å². The van der Waals surface area contributed by atoms with Crippen LogP contribution in [0.5, 0.6) is 0 Å². The van der Waals surface area contributed by atoms with E-state index in [0.29, 0.717) is 0 Å².